The van der Waals surface area contributed by atoms with Crippen LogP contribution in [0.4, 0.5) is 0 Å². The molecular formula is C15H18O. The first-order chi connectivity index (χ1) is 7.77. The Morgan fingerprint density at radius 1 is 1.31 bits per heavy atom. The molecular weight excluding hydrogens is 196 g/mol. The third kappa shape index (κ3) is 2.60. The average Bonchev–Trinajstić information content (AvgIpc) is 2.30. The number of carbonyl (C=O) groups is 1. The van der Waals surface area contributed by atoms with Crippen molar-refractivity contribution in [2.24, 2.45) is 5.92 Å². The lowest BCUT2D eigenvalue weighted by Gasteiger charge is -2.20. The maximum Gasteiger partial charge on any atom is 0.158 e. The van der Waals surface area contributed by atoms with Gasteiger partial charge in [-0.1, -0.05) is 43.3 Å². The Balaban J connectivity index is 2.08. The number of allylic oxidation sites excluding steroid dienone is 2. The standard InChI is InChI=1S/C15H18O/c1-12-6-5-9-15(16)14(12)11-10-13-7-3-2-4-8-13/h2-4,7-8,11-12H,5-6,9-10H2,1H3/b14-11+. The number of ketones is 1. The third-order valence-electron chi connectivity index (χ3n) is 3.29. The lowest BCUT2D eigenvalue weighted by Crippen LogP contribution is -2.16. The van der Waals surface area contributed by atoms with Crippen LogP contribution in [0.3, 0.4) is 0 Å². The molecule has 0 radical (unpaired) electrons. The summed E-state index contributed by atoms with van der Waals surface area (Å²) in [5.41, 5.74) is 2.33. The van der Waals surface area contributed by atoms with Gasteiger partial charge in [-0.05, 0) is 36.3 Å². The van der Waals surface area contributed by atoms with E-state index >= 15 is 0 Å². The fourth-order valence-electron chi connectivity index (χ4n) is 2.30. The molecule has 0 bridgehead atoms. The fourth-order valence-corrected chi connectivity index (χ4v) is 2.30. The minimum Gasteiger partial charge on any atom is -0.295 e. The lowest BCUT2D eigenvalue weighted by atomic mass is 9.84. The van der Waals surface area contributed by atoms with Gasteiger partial charge in [0.05, 0.1) is 0 Å². The second-order valence-electron chi connectivity index (χ2n) is 4.57. The molecule has 1 unspecified atom stereocenters. The van der Waals surface area contributed by atoms with Crippen LogP contribution in [0.1, 0.15) is 31.7 Å². The van der Waals surface area contributed by atoms with Crippen LogP contribution in [0.25, 0.3) is 0 Å². The second-order valence-corrected chi connectivity index (χ2v) is 4.57. The SMILES string of the molecule is CC1CCCC(=O)/C1=C/Cc1ccccc1. The van der Waals surface area contributed by atoms with Crippen LogP contribution >= 0.6 is 0 Å². The van der Waals surface area contributed by atoms with E-state index in [1.54, 1.807) is 0 Å². The van der Waals surface area contributed by atoms with Gasteiger partial charge in [0.15, 0.2) is 5.78 Å². The maximum absolute atomic E-state index is 11.8. The molecule has 0 aromatic heterocycles. The Labute approximate surface area is 97.2 Å². The van der Waals surface area contributed by atoms with E-state index < -0.39 is 0 Å². The zero-order valence-electron chi connectivity index (χ0n) is 9.78. The van der Waals surface area contributed by atoms with E-state index in [-0.39, 0.29) is 0 Å². The summed E-state index contributed by atoms with van der Waals surface area (Å²) in [7, 11) is 0. The average molecular weight is 214 g/mol. The maximum atomic E-state index is 11.8. The molecule has 1 saturated carbocycles. The summed E-state index contributed by atoms with van der Waals surface area (Å²) in [4.78, 5) is 11.8. The molecule has 1 aromatic carbocycles. The Hall–Kier alpha value is -1.37. The quantitative estimate of drug-likeness (QED) is 0.688. The van der Waals surface area contributed by atoms with E-state index in [4.69, 9.17) is 0 Å². The van der Waals surface area contributed by atoms with Gasteiger partial charge >= 0.3 is 0 Å². The monoisotopic (exact) mass is 214 g/mol. The molecule has 0 heterocycles. The van der Waals surface area contributed by atoms with Gasteiger partial charge in [0.25, 0.3) is 0 Å². The van der Waals surface area contributed by atoms with Gasteiger partial charge in [0, 0.05) is 6.42 Å². The van der Waals surface area contributed by atoms with Gasteiger partial charge in [-0.3, -0.25) is 4.79 Å². The summed E-state index contributed by atoms with van der Waals surface area (Å²) in [6.07, 6.45) is 5.97. The van der Waals surface area contributed by atoms with Crippen LogP contribution in [0.2, 0.25) is 0 Å². The van der Waals surface area contributed by atoms with Gasteiger partial charge in [-0.25, -0.2) is 0 Å². The van der Waals surface area contributed by atoms with Crippen LogP contribution in [-0.2, 0) is 11.2 Å². The summed E-state index contributed by atoms with van der Waals surface area (Å²) in [5.74, 6) is 0.805. The van der Waals surface area contributed by atoms with Crippen molar-refractivity contribution in [1.29, 1.82) is 0 Å². The number of hydrogen-bond acceptors (Lipinski definition) is 1. The van der Waals surface area contributed by atoms with Crippen molar-refractivity contribution in [2.45, 2.75) is 32.6 Å². The number of carbonyl (C=O) groups excluding carboxylic acids is 1. The van der Waals surface area contributed by atoms with Crippen LogP contribution < -0.4 is 0 Å². The molecule has 1 nitrogen and oxygen atoms in total. The topological polar surface area (TPSA) is 17.1 Å². The Morgan fingerprint density at radius 2 is 2.06 bits per heavy atom. The molecule has 1 aromatic rings. The Kier molecular flexibility index (Phi) is 3.55. The molecule has 0 amide bonds. The van der Waals surface area contributed by atoms with E-state index in [0.29, 0.717) is 11.7 Å². The van der Waals surface area contributed by atoms with Crippen molar-refractivity contribution < 1.29 is 4.79 Å². The van der Waals surface area contributed by atoms with E-state index in [2.05, 4.69) is 25.1 Å². The molecule has 0 saturated heterocycles. The molecule has 1 aliphatic rings. The van der Waals surface area contributed by atoms with E-state index in [9.17, 15) is 4.79 Å². The Morgan fingerprint density at radius 3 is 2.75 bits per heavy atom. The molecule has 1 fully saturated rings. The molecule has 1 aliphatic carbocycles. The van der Waals surface area contributed by atoms with E-state index in [1.165, 1.54) is 5.56 Å². The van der Waals surface area contributed by atoms with Crippen molar-refractivity contribution in [3.05, 3.63) is 47.5 Å². The summed E-state index contributed by atoms with van der Waals surface area (Å²) in [6.45, 7) is 2.16. The van der Waals surface area contributed by atoms with Gasteiger partial charge in [0.2, 0.25) is 0 Å². The molecule has 0 N–H and O–H groups in total. The lowest BCUT2D eigenvalue weighted by molar-refractivity contribution is -0.117. The highest BCUT2D eigenvalue weighted by Gasteiger charge is 2.21. The molecule has 0 aliphatic heterocycles. The predicted octanol–water partition coefficient (Wildman–Crippen LogP) is 3.54. The fraction of sp³-hybridized carbons (Fsp3) is 0.400. The molecule has 84 valence electrons. The Bertz CT molecular complexity index is 389. The first kappa shape index (κ1) is 11.1. The molecule has 1 atom stereocenters. The van der Waals surface area contributed by atoms with Crippen molar-refractivity contribution in [2.75, 3.05) is 0 Å². The first-order valence-electron chi connectivity index (χ1n) is 6.04. The van der Waals surface area contributed by atoms with Gasteiger partial charge in [-0.2, -0.15) is 0 Å². The molecule has 1 heteroatoms. The predicted molar refractivity (Wildman–Crippen MR) is 66.3 cm³/mol. The number of hydrogen-bond donors (Lipinski definition) is 0. The van der Waals surface area contributed by atoms with Crippen molar-refractivity contribution in [3.8, 4) is 0 Å². The van der Waals surface area contributed by atoms with Crippen molar-refractivity contribution >= 4 is 5.78 Å². The molecule has 0 spiro atoms. The van der Waals surface area contributed by atoms with Crippen LogP contribution in [0, 0.1) is 5.92 Å². The number of rotatable bonds is 2. The number of benzene rings is 1. The highest BCUT2D eigenvalue weighted by atomic mass is 16.1. The zero-order valence-corrected chi connectivity index (χ0v) is 9.78. The van der Waals surface area contributed by atoms with Gasteiger partial charge in [-0.15, -0.1) is 0 Å². The summed E-state index contributed by atoms with van der Waals surface area (Å²) < 4.78 is 0. The highest BCUT2D eigenvalue weighted by Crippen LogP contribution is 2.26. The van der Waals surface area contributed by atoms with Crippen LogP contribution in [0.15, 0.2) is 42.0 Å². The van der Waals surface area contributed by atoms with Crippen molar-refractivity contribution in [1.82, 2.24) is 0 Å². The minimum absolute atomic E-state index is 0.356. The summed E-state index contributed by atoms with van der Waals surface area (Å²) in [6, 6.07) is 10.3. The summed E-state index contributed by atoms with van der Waals surface area (Å²) in [5, 5.41) is 0. The highest BCUT2D eigenvalue weighted by molar-refractivity contribution is 5.96. The van der Waals surface area contributed by atoms with Crippen LogP contribution in [0.5, 0.6) is 0 Å². The largest absolute Gasteiger partial charge is 0.295 e. The smallest absolute Gasteiger partial charge is 0.158 e. The van der Waals surface area contributed by atoms with Crippen molar-refractivity contribution in [3.63, 3.8) is 0 Å². The molecule has 16 heavy (non-hydrogen) atoms. The van der Waals surface area contributed by atoms with E-state index in [0.717, 1.165) is 31.3 Å². The van der Waals surface area contributed by atoms with Crippen LogP contribution in [-0.4, -0.2) is 5.78 Å². The van der Waals surface area contributed by atoms with E-state index in [1.807, 2.05) is 18.2 Å². The first-order valence-corrected chi connectivity index (χ1v) is 6.04. The second kappa shape index (κ2) is 5.11. The summed E-state index contributed by atoms with van der Waals surface area (Å²) >= 11 is 0. The van der Waals surface area contributed by atoms with Gasteiger partial charge < -0.3 is 0 Å². The van der Waals surface area contributed by atoms with Gasteiger partial charge in [0.1, 0.15) is 0 Å². The normalized spacial score (nSPS) is 23.7. The minimum atomic E-state index is 0.356. The zero-order chi connectivity index (χ0) is 11.4. The third-order valence-corrected chi connectivity index (χ3v) is 3.29. The molecule has 2 rings (SSSR count). The number of Topliss-reactive ketones (excluding diaryl/α,β-unsaturated/α-hetero) is 1.